The van der Waals surface area contributed by atoms with Crippen LogP contribution in [-0.2, 0) is 0 Å². The maximum Gasteiger partial charge on any atom is 0.119 e. The molecule has 0 saturated heterocycles. The minimum atomic E-state index is -1.16. The number of hydrogen-bond acceptors (Lipinski definition) is 3. The number of carbonyl (C=O) groups is 1. The van der Waals surface area contributed by atoms with E-state index >= 15 is 0 Å². The quantitative estimate of drug-likeness (QED) is 0.734. The fourth-order valence-corrected chi connectivity index (χ4v) is 1.04. The van der Waals surface area contributed by atoms with Crippen LogP contribution in [0, 0.1) is 5.92 Å². The summed E-state index contributed by atoms with van der Waals surface area (Å²) in [6.45, 7) is 4.87. The Morgan fingerprint density at radius 3 is 2.47 bits per heavy atom. The van der Waals surface area contributed by atoms with Gasteiger partial charge in [-0.15, -0.1) is 0 Å². The highest BCUT2D eigenvalue weighted by Gasteiger charge is 2.00. The molecule has 0 fully saturated rings. The molecule has 0 amide bonds. The van der Waals surface area contributed by atoms with Crippen molar-refractivity contribution in [2.45, 2.75) is 20.3 Å². The number of carboxylic acids is 1. The largest absolute Gasteiger partial charge is 0.545 e. The molecule has 0 spiro atoms. The van der Waals surface area contributed by atoms with Crippen molar-refractivity contribution in [1.82, 2.24) is 0 Å². The fourth-order valence-electron chi connectivity index (χ4n) is 1.04. The van der Waals surface area contributed by atoms with Gasteiger partial charge in [0.2, 0.25) is 0 Å². The predicted molar refractivity (Wildman–Crippen MR) is 55.7 cm³/mol. The van der Waals surface area contributed by atoms with E-state index in [0.717, 1.165) is 6.42 Å². The Hall–Kier alpha value is -1.51. The molecule has 1 unspecified atom stereocenters. The van der Waals surface area contributed by atoms with Gasteiger partial charge < -0.3 is 14.6 Å². The van der Waals surface area contributed by atoms with Crippen LogP contribution in [0.2, 0.25) is 0 Å². The number of carbonyl (C=O) groups excluding carboxylic acids is 1. The van der Waals surface area contributed by atoms with Crippen molar-refractivity contribution >= 4 is 5.97 Å². The van der Waals surface area contributed by atoms with Gasteiger partial charge in [0.05, 0.1) is 12.6 Å². The number of rotatable bonds is 5. The van der Waals surface area contributed by atoms with E-state index in [1.165, 1.54) is 12.1 Å². The third kappa shape index (κ3) is 3.62. The molecule has 1 atom stereocenters. The van der Waals surface area contributed by atoms with Gasteiger partial charge in [-0.3, -0.25) is 0 Å². The van der Waals surface area contributed by atoms with Crippen molar-refractivity contribution < 1.29 is 14.6 Å². The Kier molecular flexibility index (Phi) is 4.16. The van der Waals surface area contributed by atoms with Gasteiger partial charge in [-0.25, -0.2) is 0 Å². The summed E-state index contributed by atoms with van der Waals surface area (Å²) in [6, 6.07) is 6.27. The normalized spacial score (nSPS) is 12.1. The fraction of sp³-hybridized carbons (Fsp3) is 0.417. The SMILES string of the molecule is CCC(C)COc1ccc(C(=O)[O-])cc1. The van der Waals surface area contributed by atoms with Crippen molar-refractivity contribution in [3.8, 4) is 5.75 Å². The van der Waals surface area contributed by atoms with Crippen molar-refractivity contribution in [2.75, 3.05) is 6.61 Å². The summed E-state index contributed by atoms with van der Waals surface area (Å²) in [7, 11) is 0. The van der Waals surface area contributed by atoms with Crippen LogP contribution in [0.5, 0.6) is 5.75 Å². The lowest BCUT2D eigenvalue weighted by molar-refractivity contribution is -0.255. The van der Waals surface area contributed by atoms with Crippen LogP contribution in [0.25, 0.3) is 0 Å². The Balaban J connectivity index is 2.53. The van der Waals surface area contributed by atoms with Crippen LogP contribution in [0.4, 0.5) is 0 Å². The summed E-state index contributed by atoms with van der Waals surface area (Å²) >= 11 is 0. The lowest BCUT2D eigenvalue weighted by Crippen LogP contribution is -2.21. The second-order valence-corrected chi connectivity index (χ2v) is 3.64. The van der Waals surface area contributed by atoms with Crippen LogP contribution >= 0.6 is 0 Å². The Morgan fingerprint density at radius 1 is 1.40 bits per heavy atom. The molecule has 0 aliphatic carbocycles. The number of carboxylic acid groups (broad SMARTS) is 1. The van der Waals surface area contributed by atoms with Crippen LogP contribution < -0.4 is 9.84 Å². The van der Waals surface area contributed by atoms with E-state index in [2.05, 4.69) is 13.8 Å². The van der Waals surface area contributed by atoms with E-state index in [4.69, 9.17) is 4.74 Å². The van der Waals surface area contributed by atoms with Crippen LogP contribution in [0.15, 0.2) is 24.3 Å². The van der Waals surface area contributed by atoms with Crippen LogP contribution in [0.1, 0.15) is 30.6 Å². The molecule has 0 aliphatic heterocycles. The van der Waals surface area contributed by atoms with Crippen molar-refractivity contribution in [3.05, 3.63) is 29.8 Å². The topological polar surface area (TPSA) is 49.4 Å². The highest BCUT2D eigenvalue weighted by atomic mass is 16.5. The lowest BCUT2D eigenvalue weighted by Gasteiger charge is -2.11. The molecule has 0 aliphatic rings. The van der Waals surface area contributed by atoms with Gasteiger partial charge in [-0.05, 0) is 35.7 Å². The zero-order chi connectivity index (χ0) is 11.3. The lowest BCUT2D eigenvalue weighted by atomic mass is 10.1. The number of benzene rings is 1. The summed E-state index contributed by atoms with van der Waals surface area (Å²) in [6.07, 6.45) is 1.07. The molecular formula is C12H15O3-. The van der Waals surface area contributed by atoms with Crippen LogP contribution in [0.3, 0.4) is 0 Å². The standard InChI is InChI=1S/C12H16O3/c1-3-9(2)8-15-11-6-4-10(5-7-11)12(13)14/h4-7,9H,3,8H2,1-2H3,(H,13,14)/p-1. The Bertz CT molecular complexity index is 316. The monoisotopic (exact) mass is 207 g/mol. The summed E-state index contributed by atoms with van der Waals surface area (Å²) in [4.78, 5) is 10.5. The highest BCUT2D eigenvalue weighted by molar-refractivity contribution is 5.85. The Labute approximate surface area is 89.7 Å². The summed E-state index contributed by atoms with van der Waals surface area (Å²) in [5, 5.41) is 10.5. The van der Waals surface area contributed by atoms with Gasteiger partial charge in [0, 0.05) is 0 Å². The smallest absolute Gasteiger partial charge is 0.119 e. The van der Waals surface area contributed by atoms with E-state index in [1.54, 1.807) is 12.1 Å². The van der Waals surface area contributed by atoms with Gasteiger partial charge in [0.1, 0.15) is 5.75 Å². The molecular weight excluding hydrogens is 192 g/mol. The first-order valence-corrected chi connectivity index (χ1v) is 5.07. The summed E-state index contributed by atoms with van der Waals surface area (Å²) < 4.78 is 5.48. The van der Waals surface area contributed by atoms with Crippen molar-refractivity contribution in [2.24, 2.45) is 5.92 Å². The summed E-state index contributed by atoms with van der Waals surface area (Å²) in [5.74, 6) is 0.0367. The third-order valence-corrected chi connectivity index (χ3v) is 2.32. The molecule has 3 nitrogen and oxygen atoms in total. The van der Waals surface area contributed by atoms with Gasteiger partial charge >= 0.3 is 0 Å². The van der Waals surface area contributed by atoms with E-state index in [9.17, 15) is 9.90 Å². The third-order valence-electron chi connectivity index (χ3n) is 2.32. The zero-order valence-corrected chi connectivity index (χ0v) is 9.03. The minimum Gasteiger partial charge on any atom is -0.545 e. The van der Waals surface area contributed by atoms with E-state index < -0.39 is 5.97 Å². The molecule has 1 aromatic rings. The Morgan fingerprint density at radius 2 is 2.00 bits per heavy atom. The zero-order valence-electron chi connectivity index (χ0n) is 9.03. The molecule has 3 heteroatoms. The van der Waals surface area contributed by atoms with Crippen molar-refractivity contribution in [3.63, 3.8) is 0 Å². The number of hydrogen-bond donors (Lipinski definition) is 0. The van der Waals surface area contributed by atoms with Gasteiger partial charge in [0.25, 0.3) is 0 Å². The van der Waals surface area contributed by atoms with Crippen molar-refractivity contribution in [1.29, 1.82) is 0 Å². The molecule has 1 aromatic carbocycles. The average Bonchev–Trinajstić information content (AvgIpc) is 2.26. The molecule has 0 heterocycles. The van der Waals surface area contributed by atoms with Crippen LogP contribution in [-0.4, -0.2) is 12.6 Å². The molecule has 82 valence electrons. The number of aromatic carboxylic acids is 1. The second-order valence-electron chi connectivity index (χ2n) is 3.64. The molecule has 1 rings (SSSR count). The van der Waals surface area contributed by atoms with Gasteiger partial charge in [-0.2, -0.15) is 0 Å². The van der Waals surface area contributed by atoms with Gasteiger partial charge in [0.15, 0.2) is 0 Å². The maximum atomic E-state index is 10.5. The average molecular weight is 207 g/mol. The second kappa shape index (κ2) is 5.39. The molecule has 15 heavy (non-hydrogen) atoms. The number of ether oxygens (including phenoxy) is 1. The minimum absolute atomic E-state index is 0.172. The predicted octanol–water partition coefficient (Wildman–Crippen LogP) is 1.47. The van der Waals surface area contributed by atoms with E-state index in [1.807, 2.05) is 0 Å². The molecule has 0 bridgehead atoms. The van der Waals surface area contributed by atoms with E-state index in [-0.39, 0.29) is 5.56 Å². The molecule has 0 radical (unpaired) electrons. The highest BCUT2D eigenvalue weighted by Crippen LogP contribution is 2.13. The maximum absolute atomic E-state index is 10.5. The first kappa shape index (κ1) is 11.6. The molecule has 0 saturated carbocycles. The van der Waals surface area contributed by atoms with Gasteiger partial charge in [-0.1, -0.05) is 20.3 Å². The first-order chi connectivity index (χ1) is 7.13. The molecule has 0 N–H and O–H groups in total. The molecule has 0 aromatic heterocycles. The summed E-state index contributed by atoms with van der Waals surface area (Å²) in [5.41, 5.74) is 0.172. The van der Waals surface area contributed by atoms with E-state index in [0.29, 0.717) is 18.3 Å². The first-order valence-electron chi connectivity index (χ1n) is 5.07.